The van der Waals surface area contributed by atoms with Crippen LogP contribution < -0.4 is 11.1 Å². The molecule has 6 heteroatoms. The van der Waals surface area contributed by atoms with Gasteiger partial charge in [0.05, 0.1) is 11.5 Å². The molecule has 2 rings (SSSR count). The minimum absolute atomic E-state index is 0. The van der Waals surface area contributed by atoms with Gasteiger partial charge in [0.2, 0.25) is 11.8 Å². The van der Waals surface area contributed by atoms with E-state index in [4.69, 9.17) is 5.73 Å². The molecule has 22 heavy (non-hydrogen) atoms. The fourth-order valence-electron chi connectivity index (χ4n) is 3.11. The number of nitrogens with one attached hydrogen (secondary N) is 1. The molecule has 3 N–H and O–H groups in total. The average molecular weight is 332 g/mol. The Bertz CT molecular complexity index is 387. The number of piperidine rings is 1. The van der Waals surface area contributed by atoms with Crippen LogP contribution in [0.1, 0.15) is 52.4 Å². The van der Waals surface area contributed by atoms with Crippen LogP contribution in [-0.2, 0) is 9.59 Å². The summed E-state index contributed by atoms with van der Waals surface area (Å²) in [5.74, 6) is 0.479. The molecule has 1 atom stereocenters. The van der Waals surface area contributed by atoms with E-state index < -0.39 is 0 Å². The molecule has 0 aromatic rings. The molecule has 0 radical (unpaired) electrons. The second-order valence-corrected chi connectivity index (χ2v) is 6.58. The van der Waals surface area contributed by atoms with Crippen molar-refractivity contribution in [3.05, 3.63) is 0 Å². The monoisotopic (exact) mass is 331 g/mol. The first-order valence-corrected chi connectivity index (χ1v) is 8.36. The van der Waals surface area contributed by atoms with Crippen LogP contribution in [0.4, 0.5) is 0 Å². The summed E-state index contributed by atoms with van der Waals surface area (Å²) in [5.41, 5.74) is 5.56. The van der Waals surface area contributed by atoms with Crippen molar-refractivity contribution in [3.8, 4) is 0 Å². The Balaban J connectivity index is 0.00000242. The Morgan fingerprint density at radius 3 is 2.32 bits per heavy atom. The lowest BCUT2D eigenvalue weighted by molar-refractivity contribution is -0.137. The number of nitrogens with zero attached hydrogens (tertiary/aromatic N) is 1. The van der Waals surface area contributed by atoms with Crippen molar-refractivity contribution in [1.82, 2.24) is 10.2 Å². The normalized spacial score (nSPS) is 22.0. The number of nitrogens with two attached hydrogens (primary N) is 1. The van der Waals surface area contributed by atoms with E-state index in [0.29, 0.717) is 13.1 Å². The summed E-state index contributed by atoms with van der Waals surface area (Å²) < 4.78 is 0. The number of hydrogen-bond donors (Lipinski definition) is 2. The first-order chi connectivity index (χ1) is 10.0. The summed E-state index contributed by atoms with van der Waals surface area (Å²) in [4.78, 5) is 26.6. The fraction of sp³-hybridized carbons (Fsp3) is 0.875. The van der Waals surface area contributed by atoms with Crippen LogP contribution in [0.15, 0.2) is 0 Å². The van der Waals surface area contributed by atoms with Crippen molar-refractivity contribution < 1.29 is 9.59 Å². The van der Waals surface area contributed by atoms with Crippen LogP contribution in [0.3, 0.4) is 0 Å². The highest BCUT2D eigenvalue weighted by Crippen LogP contribution is 2.32. The lowest BCUT2D eigenvalue weighted by Crippen LogP contribution is -2.56. The van der Waals surface area contributed by atoms with E-state index in [9.17, 15) is 9.59 Å². The molecule has 128 valence electrons. The van der Waals surface area contributed by atoms with Crippen molar-refractivity contribution in [2.24, 2.45) is 17.6 Å². The van der Waals surface area contributed by atoms with E-state index >= 15 is 0 Å². The van der Waals surface area contributed by atoms with E-state index in [2.05, 4.69) is 19.2 Å². The average Bonchev–Trinajstić information content (AvgIpc) is 3.37. The lowest BCUT2D eigenvalue weighted by Gasteiger charge is -2.36. The van der Waals surface area contributed by atoms with Gasteiger partial charge >= 0.3 is 0 Å². The maximum absolute atomic E-state index is 12.5. The van der Waals surface area contributed by atoms with Crippen molar-refractivity contribution >= 4 is 24.2 Å². The van der Waals surface area contributed by atoms with Crippen LogP contribution in [0.25, 0.3) is 0 Å². The van der Waals surface area contributed by atoms with Crippen molar-refractivity contribution in [2.75, 3.05) is 19.6 Å². The molecule has 1 saturated carbocycles. The second kappa shape index (κ2) is 8.16. The Kier molecular flexibility index (Phi) is 7.13. The van der Waals surface area contributed by atoms with Gasteiger partial charge < -0.3 is 16.0 Å². The minimum atomic E-state index is -0.292. The van der Waals surface area contributed by atoms with Gasteiger partial charge in [-0.3, -0.25) is 9.59 Å². The van der Waals surface area contributed by atoms with Crippen molar-refractivity contribution in [1.29, 1.82) is 0 Å². The smallest absolute Gasteiger partial charge is 0.225 e. The molecule has 0 aromatic carbocycles. The number of amides is 2. The van der Waals surface area contributed by atoms with Gasteiger partial charge in [-0.1, -0.05) is 13.8 Å². The van der Waals surface area contributed by atoms with Crippen LogP contribution >= 0.6 is 12.4 Å². The number of likely N-dealkylation sites (tertiary alicyclic amines) is 1. The summed E-state index contributed by atoms with van der Waals surface area (Å²) >= 11 is 0. The van der Waals surface area contributed by atoms with Gasteiger partial charge in [0.1, 0.15) is 0 Å². The summed E-state index contributed by atoms with van der Waals surface area (Å²) in [5, 5.41) is 3.15. The standard InChI is InChI=1S/C16H29N3O2.ClH/c1-3-16(4-2,11-17)18-14(20)13-6-5-9-19(10-13)15(21)12-7-8-12;/h12-13H,3-11,17H2,1-2H3,(H,18,20);1H. The Hall–Kier alpha value is -0.810. The quantitative estimate of drug-likeness (QED) is 0.777. The molecule has 0 bridgehead atoms. The zero-order valence-electron chi connectivity index (χ0n) is 13.8. The van der Waals surface area contributed by atoms with Gasteiger partial charge in [-0.25, -0.2) is 0 Å². The van der Waals surface area contributed by atoms with Gasteiger partial charge in [-0.15, -0.1) is 12.4 Å². The summed E-state index contributed by atoms with van der Waals surface area (Å²) in [7, 11) is 0. The largest absolute Gasteiger partial charge is 0.349 e. The topological polar surface area (TPSA) is 75.4 Å². The molecule has 1 aliphatic carbocycles. The van der Waals surface area contributed by atoms with E-state index in [0.717, 1.165) is 45.1 Å². The number of rotatable bonds is 6. The van der Waals surface area contributed by atoms with Gasteiger partial charge in [0.15, 0.2) is 0 Å². The van der Waals surface area contributed by atoms with E-state index in [1.54, 1.807) is 0 Å². The van der Waals surface area contributed by atoms with Crippen molar-refractivity contribution in [2.45, 2.75) is 57.9 Å². The zero-order chi connectivity index (χ0) is 15.5. The maximum Gasteiger partial charge on any atom is 0.225 e. The minimum Gasteiger partial charge on any atom is -0.349 e. The lowest BCUT2D eigenvalue weighted by atomic mass is 9.90. The first-order valence-electron chi connectivity index (χ1n) is 8.36. The first kappa shape index (κ1) is 19.2. The Morgan fingerprint density at radius 2 is 1.82 bits per heavy atom. The van der Waals surface area contributed by atoms with Crippen molar-refractivity contribution in [3.63, 3.8) is 0 Å². The molecule has 1 saturated heterocycles. The van der Waals surface area contributed by atoms with Gasteiger partial charge in [0, 0.05) is 25.6 Å². The van der Waals surface area contributed by atoms with Crippen LogP contribution in [0.5, 0.6) is 0 Å². The Labute approximate surface area is 139 Å². The predicted octanol–water partition coefficient (Wildman–Crippen LogP) is 1.69. The third-order valence-corrected chi connectivity index (χ3v) is 5.16. The van der Waals surface area contributed by atoms with E-state index in [1.807, 2.05) is 4.90 Å². The second-order valence-electron chi connectivity index (χ2n) is 6.58. The molecule has 2 fully saturated rings. The van der Waals surface area contributed by atoms with Crippen LogP contribution in [-0.4, -0.2) is 41.9 Å². The highest BCUT2D eigenvalue weighted by Gasteiger charge is 2.37. The number of hydrogen-bond acceptors (Lipinski definition) is 3. The van der Waals surface area contributed by atoms with E-state index in [1.165, 1.54) is 0 Å². The number of halogens is 1. The molecular weight excluding hydrogens is 302 g/mol. The molecule has 5 nitrogen and oxygen atoms in total. The highest BCUT2D eigenvalue weighted by atomic mass is 35.5. The maximum atomic E-state index is 12.5. The molecular formula is C16H30ClN3O2. The Morgan fingerprint density at radius 1 is 1.18 bits per heavy atom. The highest BCUT2D eigenvalue weighted by molar-refractivity contribution is 5.85. The molecule has 1 heterocycles. The van der Waals surface area contributed by atoms with Crippen LogP contribution in [0, 0.1) is 11.8 Å². The third kappa shape index (κ3) is 4.35. The predicted molar refractivity (Wildman–Crippen MR) is 89.8 cm³/mol. The third-order valence-electron chi connectivity index (χ3n) is 5.16. The number of carbonyl (C=O) groups excluding carboxylic acids is 2. The summed E-state index contributed by atoms with van der Waals surface area (Å²) in [6, 6.07) is 0. The van der Waals surface area contributed by atoms with E-state index in [-0.39, 0.29) is 41.6 Å². The van der Waals surface area contributed by atoms with Gasteiger partial charge in [0.25, 0.3) is 0 Å². The fourth-order valence-corrected chi connectivity index (χ4v) is 3.11. The molecule has 1 aliphatic heterocycles. The summed E-state index contributed by atoms with van der Waals surface area (Å²) in [6.07, 6.45) is 5.51. The molecule has 2 amide bonds. The van der Waals surface area contributed by atoms with Gasteiger partial charge in [-0.05, 0) is 38.5 Å². The zero-order valence-corrected chi connectivity index (χ0v) is 14.6. The summed E-state index contributed by atoms with van der Waals surface area (Å²) in [6.45, 7) is 5.96. The molecule has 2 aliphatic rings. The van der Waals surface area contributed by atoms with Crippen LogP contribution in [0.2, 0.25) is 0 Å². The molecule has 1 unspecified atom stereocenters. The van der Waals surface area contributed by atoms with Gasteiger partial charge in [-0.2, -0.15) is 0 Å². The molecule has 0 spiro atoms. The molecule has 0 aromatic heterocycles. The SMILES string of the molecule is CCC(CC)(CN)NC(=O)C1CCCN(C(=O)C2CC2)C1.Cl. The number of carbonyl (C=O) groups is 2.